The van der Waals surface area contributed by atoms with Crippen molar-refractivity contribution in [3.63, 3.8) is 0 Å². The Balaban J connectivity index is 1.64. The zero-order valence-electron chi connectivity index (χ0n) is 13.4. The van der Waals surface area contributed by atoms with Gasteiger partial charge in [0.1, 0.15) is 10.0 Å². The average Bonchev–Trinajstić information content (AvgIpc) is 2.84. The van der Waals surface area contributed by atoms with Crippen molar-refractivity contribution in [2.24, 2.45) is 0 Å². The molecule has 0 bridgehead atoms. The van der Waals surface area contributed by atoms with Crippen LogP contribution in [0.1, 0.15) is 17.5 Å². The van der Waals surface area contributed by atoms with Crippen molar-refractivity contribution >= 4 is 21.6 Å². The van der Waals surface area contributed by atoms with Gasteiger partial charge in [-0.25, -0.2) is 13.4 Å². The number of rotatable bonds is 2. The van der Waals surface area contributed by atoms with Gasteiger partial charge in [-0.3, -0.25) is 0 Å². The molecule has 2 aliphatic heterocycles. The molecule has 0 aliphatic carbocycles. The second-order valence-corrected chi connectivity index (χ2v) is 8.35. The molecule has 25 heavy (non-hydrogen) atoms. The molecule has 3 heterocycles. The van der Waals surface area contributed by atoms with Crippen molar-refractivity contribution in [3.8, 4) is 11.5 Å². The third-order valence-electron chi connectivity index (χ3n) is 4.39. The first kappa shape index (κ1) is 16.6. The number of nitrogens with zero attached hydrogens (tertiary/aromatic N) is 2. The van der Waals surface area contributed by atoms with Gasteiger partial charge >= 0.3 is 0 Å². The van der Waals surface area contributed by atoms with E-state index in [4.69, 9.17) is 21.1 Å². The van der Waals surface area contributed by atoms with Crippen LogP contribution in [0.25, 0.3) is 0 Å². The van der Waals surface area contributed by atoms with Gasteiger partial charge in [0.25, 0.3) is 0 Å². The van der Waals surface area contributed by atoms with E-state index < -0.39 is 10.0 Å². The van der Waals surface area contributed by atoms with Crippen LogP contribution in [0, 0.1) is 0 Å². The summed E-state index contributed by atoms with van der Waals surface area (Å²) in [4.78, 5) is 4.02. The first-order valence-corrected chi connectivity index (χ1v) is 9.89. The summed E-state index contributed by atoms with van der Waals surface area (Å²) in [6, 6.07) is 6.84. The Bertz CT molecular complexity index is 900. The number of sulfonamides is 1. The summed E-state index contributed by atoms with van der Waals surface area (Å²) >= 11 is 5.75. The number of pyridine rings is 1. The Morgan fingerprint density at radius 3 is 2.48 bits per heavy atom. The quantitative estimate of drug-likeness (QED) is 0.749. The number of hydrogen-bond donors (Lipinski definition) is 0. The highest BCUT2D eigenvalue weighted by Crippen LogP contribution is 2.36. The van der Waals surface area contributed by atoms with E-state index in [1.807, 2.05) is 12.1 Å². The number of ether oxygens (including phenoxy) is 2. The number of aromatic nitrogens is 1. The lowest BCUT2D eigenvalue weighted by Gasteiger charge is -2.28. The van der Waals surface area contributed by atoms with Gasteiger partial charge in [0.05, 0.1) is 13.2 Å². The van der Waals surface area contributed by atoms with Gasteiger partial charge < -0.3 is 9.47 Å². The van der Waals surface area contributed by atoms with Crippen LogP contribution < -0.4 is 9.47 Å². The molecule has 0 amide bonds. The van der Waals surface area contributed by atoms with Crippen molar-refractivity contribution in [1.29, 1.82) is 0 Å². The highest BCUT2D eigenvalue weighted by Gasteiger charge is 2.30. The lowest BCUT2D eigenvalue weighted by atomic mass is 10.0. The normalized spacial score (nSPS) is 17.6. The van der Waals surface area contributed by atoms with Crippen molar-refractivity contribution in [2.45, 2.75) is 24.3 Å². The molecule has 0 fully saturated rings. The summed E-state index contributed by atoms with van der Waals surface area (Å²) in [5.41, 5.74) is 2.05. The van der Waals surface area contributed by atoms with E-state index in [0.29, 0.717) is 38.5 Å². The molecule has 0 N–H and O–H groups in total. The molecule has 0 atom stereocenters. The van der Waals surface area contributed by atoms with E-state index in [2.05, 4.69) is 4.98 Å². The van der Waals surface area contributed by atoms with E-state index in [1.54, 1.807) is 0 Å². The summed E-state index contributed by atoms with van der Waals surface area (Å²) in [7, 11) is -3.61. The third kappa shape index (κ3) is 3.19. The summed E-state index contributed by atoms with van der Waals surface area (Å²) in [5.74, 6) is 1.43. The Morgan fingerprint density at radius 2 is 1.80 bits per heavy atom. The van der Waals surface area contributed by atoms with Crippen molar-refractivity contribution in [1.82, 2.24) is 9.29 Å². The fourth-order valence-corrected chi connectivity index (χ4v) is 4.53. The zero-order valence-corrected chi connectivity index (χ0v) is 15.0. The van der Waals surface area contributed by atoms with E-state index >= 15 is 0 Å². The Morgan fingerprint density at radius 1 is 1.08 bits per heavy atom. The molecule has 4 rings (SSSR count). The fourth-order valence-electron chi connectivity index (χ4n) is 3.06. The van der Waals surface area contributed by atoms with Gasteiger partial charge in [0.2, 0.25) is 10.0 Å². The lowest BCUT2D eigenvalue weighted by molar-refractivity contribution is 0.297. The minimum atomic E-state index is -3.61. The van der Waals surface area contributed by atoms with Crippen LogP contribution in [0.4, 0.5) is 0 Å². The summed E-state index contributed by atoms with van der Waals surface area (Å²) in [5, 5.41) is 0.266. The number of benzene rings is 1. The van der Waals surface area contributed by atoms with Gasteiger partial charge in [-0.2, -0.15) is 4.31 Å². The Hall–Kier alpha value is -1.83. The van der Waals surface area contributed by atoms with Gasteiger partial charge in [-0.05, 0) is 41.8 Å². The van der Waals surface area contributed by atoms with E-state index in [9.17, 15) is 8.42 Å². The molecule has 1 aromatic carbocycles. The van der Waals surface area contributed by atoms with Crippen LogP contribution in [0.5, 0.6) is 11.5 Å². The maximum absolute atomic E-state index is 12.8. The van der Waals surface area contributed by atoms with Crippen LogP contribution in [-0.4, -0.2) is 37.5 Å². The largest absolute Gasteiger partial charge is 0.490 e. The molecule has 2 aromatic rings. The Labute approximate surface area is 151 Å². The molecule has 6 nitrogen and oxygen atoms in total. The van der Waals surface area contributed by atoms with Crippen LogP contribution in [-0.2, 0) is 23.0 Å². The topological polar surface area (TPSA) is 68.7 Å². The third-order valence-corrected chi connectivity index (χ3v) is 6.44. The molecule has 0 spiro atoms. The lowest BCUT2D eigenvalue weighted by Crippen LogP contribution is -2.36. The van der Waals surface area contributed by atoms with Gasteiger partial charge in [0.15, 0.2) is 11.5 Å². The molecule has 8 heteroatoms. The molecule has 1 aromatic heterocycles. The van der Waals surface area contributed by atoms with Crippen molar-refractivity contribution < 1.29 is 17.9 Å². The molecular weight excluding hydrogens is 364 g/mol. The minimum absolute atomic E-state index is 0.148. The summed E-state index contributed by atoms with van der Waals surface area (Å²) in [6.07, 6.45) is 2.76. The highest BCUT2D eigenvalue weighted by atomic mass is 35.5. The van der Waals surface area contributed by atoms with Crippen molar-refractivity contribution in [3.05, 3.63) is 46.7 Å². The smallest absolute Gasteiger partial charge is 0.244 e. The molecule has 132 valence electrons. The number of fused-ring (bicyclic) bond motifs is 2. The minimum Gasteiger partial charge on any atom is -0.490 e. The predicted molar refractivity (Wildman–Crippen MR) is 92.6 cm³/mol. The summed E-state index contributed by atoms with van der Waals surface area (Å²) in [6.45, 7) is 1.95. The molecule has 0 radical (unpaired) electrons. The molecule has 0 saturated heterocycles. The maximum Gasteiger partial charge on any atom is 0.244 e. The van der Waals surface area contributed by atoms with Gasteiger partial charge in [-0.1, -0.05) is 11.6 Å². The second-order valence-electron chi connectivity index (χ2n) is 6.02. The van der Waals surface area contributed by atoms with Gasteiger partial charge in [0, 0.05) is 25.7 Å². The zero-order chi connectivity index (χ0) is 17.4. The van der Waals surface area contributed by atoms with Crippen LogP contribution in [0.15, 0.2) is 35.4 Å². The van der Waals surface area contributed by atoms with Gasteiger partial charge in [-0.15, -0.1) is 0 Å². The SMILES string of the molecule is O=S(=O)(c1ccc(Cl)nc1)N1CCc2cc3c(cc2C1)OCCCO3. The average molecular weight is 381 g/mol. The fraction of sp³-hybridized carbons (Fsp3) is 0.353. The molecule has 0 unspecified atom stereocenters. The van der Waals surface area contributed by atoms with E-state index in [0.717, 1.165) is 23.3 Å². The first-order valence-electron chi connectivity index (χ1n) is 8.07. The number of hydrogen-bond acceptors (Lipinski definition) is 5. The summed E-state index contributed by atoms with van der Waals surface area (Å²) < 4.78 is 38.6. The first-order chi connectivity index (χ1) is 12.0. The van der Waals surface area contributed by atoms with E-state index in [1.165, 1.54) is 22.6 Å². The number of halogens is 1. The standard InChI is InChI=1S/C17H17ClN2O4S/c18-17-3-2-14(10-19-17)25(21,22)20-5-4-12-8-15-16(9-13(12)11-20)24-7-1-6-23-15/h2-3,8-10H,1,4-7,11H2. The molecule has 0 saturated carbocycles. The van der Waals surface area contributed by atoms with Crippen molar-refractivity contribution in [2.75, 3.05) is 19.8 Å². The second kappa shape index (κ2) is 6.48. The monoisotopic (exact) mass is 380 g/mol. The van der Waals surface area contributed by atoms with Crippen LogP contribution in [0.2, 0.25) is 5.15 Å². The predicted octanol–water partition coefficient (Wildman–Crippen LogP) is 2.64. The van der Waals surface area contributed by atoms with E-state index in [-0.39, 0.29) is 10.0 Å². The highest BCUT2D eigenvalue weighted by molar-refractivity contribution is 7.89. The maximum atomic E-state index is 12.8. The van der Waals surface area contributed by atoms with Crippen LogP contribution >= 0.6 is 11.6 Å². The molecule has 2 aliphatic rings. The molecular formula is C17H17ClN2O4S. The Kier molecular flexibility index (Phi) is 4.31. The van der Waals surface area contributed by atoms with Crippen LogP contribution in [0.3, 0.4) is 0 Å².